The first-order valence-electron chi connectivity index (χ1n) is 11.6. The van der Waals surface area contributed by atoms with Crippen LogP contribution in [0, 0.1) is 0 Å². The number of esters is 1. The van der Waals surface area contributed by atoms with Crippen molar-refractivity contribution in [2.75, 3.05) is 0 Å². The molecule has 0 aliphatic rings. The molecule has 0 amide bonds. The number of rotatable bonds is 21. The third-order valence-electron chi connectivity index (χ3n) is 5.20. The van der Waals surface area contributed by atoms with Gasteiger partial charge in [0.1, 0.15) is 6.10 Å². The fraction of sp³-hybridized carbons (Fsp3) is 0.800. The molecule has 2 nitrogen and oxygen atoms in total. The highest BCUT2D eigenvalue weighted by Crippen LogP contribution is 2.17. The van der Waals surface area contributed by atoms with E-state index in [1.807, 2.05) is 12.2 Å². The van der Waals surface area contributed by atoms with Crippen LogP contribution in [0.15, 0.2) is 25.3 Å². The molecule has 0 unspecified atom stereocenters. The van der Waals surface area contributed by atoms with Gasteiger partial charge in [-0.25, -0.2) is 0 Å². The number of allylic oxidation sites excluding steroid dienone is 2. The molecule has 0 bridgehead atoms. The lowest BCUT2D eigenvalue weighted by molar-refractivity contribution is -0.147. The van der Waals surface area contributed by atoms with Crippen LogP contribution in [0.2, 0.25) is 0 Å². The Bertz CT molecular complexity index is 322. The Morgan fingerprint density at radius 2 is 1.00 bits per heavy atom. The van der Waals surface area contributed by atoms with Gasteiger partial charge in [0.05, 0.1) is 0 Å². The Morgan fingerprint density at radius 1 is 0.667 bits per heavy atom. The molecule has 158 valence electrons. The van der Waals surface area contributed by atoms with E-state index < -0.39 is 0 Å². The van der Waals surface area contributed by atoms with Gasteiger partial charge in [-0.05, 0) is 51.4 Å². The summed E-state index contributed by atoms with van der Waals surface area (Å²) in [5.41, 5.74) is 0. The number of carbonyl (C=O) groups is 1. The van der Waals surface area contributed by atoms with Crippen LogP contribution in [0.3, 0.4) is 0 Å². The van der Waals surface area contributed by atoms with Crippen molar-refractivity contribution in [1.82, 2.24) is 0 Å². The predicted octanol–water partition coefficient (Wildman–Crippen LogP) is 8.31. The Labute approximate surface area is 169 Å². The molecule has 0 radical (unpaired) electrons. The first-order valence-corrected chi connectivity index (χ1v) is 11.6. The van der Waals surface area contributed by atoms with E-state index in [-0.39, 0.29) is 12.1 Å². The zero-order valence-electron chi connectivity index (χ0n) is 18.2. The number of unbranched alkanes of at least 4 members (excludes halogenated alkanes) is 14. The summed E-state index contributed by atoms with van der Waals surface area (Å²) in [4.78, 5) is 11.3. The zero-order valence-corrected chi connectivity index (χ0v) is 18.2. The second-order valence-electron chi connectivity index (χ2n) is 7.91. The van der Waals surface area contributed by atoms with E-state index in [9.17, 15) is 4.79 Å². The number of ether oxygens (including phenoxy) is 1. The largest absolute Gasteiger partial charge is 0.463 e. The molecule has 0 heterocycles. The maximum Gasteiger partial charge on any atom is 0.302 e. The third kappa shape index (κ3) is 21.1. The minimum absolute atomic E-state index is 0.121. The summed E-state index contributed by atoms with van der Waals surface area (Å²) in [6, 6.07) is 0. The molecular weight excluding hydrogens is 332 g/mol. The van der Waals surface area contributed by atoms with E-state index in [0.717, 1.165) is 25.7 Å². The molecule has 0 rings (SSSR count). The van der Waals surface area contributed by atoms with Crippen molar-refractivity contribution < 1.29 is 9.53 Å². The van der Waals surface area contributed by atoms with Crippen LogP contribution >= 0.6 is 0 Å². The maximum absolute atomic E-state index is 11.3. The lowest BCUT2D eigenvalue weighted by atomic mass is 10.0. The van der Waals surface area contributed by atoms with Gasteiger partial charge in [-0.3, -0.25) is 4.79 Å². The minimum Gasteiger partial charge on any atom is -0.463 e. The van der Waals surface area contributed by atoms with Crippen LogP contribution in [0.4, 0.5) is 0 Å². The summed E-state index contributed by atoms with van der Waals surface area (Å²) in [5.74, 6) is -0.121. The van der Waals surface area contributed by atoms with Crippen LogP contribution < -0.4 is 0 Å². The average Bonchev–Trinajstić information content (AvgIpc) is 2.64. The predicted molar refractivity (Wildman–Crippen MR) is 119 cm³/mol. The molecule has 0 aromatic rings. The summed E-state index contributed by atoms with van der Waals surface area (Å²) in [7, 11) is 0. The molecule has 0 atom stereocenters. The Kier molecular flexibility index (Phi) is 20.4. The monoisotopic (exact) mass is 378 g/mol. The van der Waals surface area contributed by atoms with E-state index in [1.54, 1.807) is 6.92 Å². The maximum atomic E-state index is 11.3. The Balaban J connectivity index is 3.60. The first kappa shape index (κ1) is 26.0. The molecule has 0 saturated carbocycles. The minimum atomic E-state index is -0.121. The summed E-state index contributed by atoms with van der Waals surface area (Å²) in [6.07, 6.45) is 26.7. The molecule has 27 heavy (non-hydrogen) atoms. The van der Waals surface area contributed by atoms with Crippen LogP contribution in [-0.2, 0) is 9.53 Å². The summed E-state index contributed by atoms with van der Waals surface area (Å²) >= 11 is 0. The average molecular weight is 379 g/mol. The van der Waals surface area contributed by atoms with Crippen molar-refractivity contribution in [2.45, 2.75) is 129 Å². The lowest BCUT2D eigenvalue weighted by Crippen LogP contribution is -2.16. The van der Waals surface area contributed by atoms with E-state index in [0.29, 0.717) is 0 Å². The van der Waals surface area contributed by atoms with Gasteiger partial charge < -0.3 is 4.74 Å². The summed E-state index contributed by atoms with van der Waals surface area (Å²) in [6.45, 7) is 9.07. The fourth-order valence-corrected chi connectivity index (χ4v) is 3.59. The third-order valence-corrected chi connectivity index (χ3v) is 5.20. The highest BCUT2D eigenvalue weighted by Gasteiger charge is 2.11. The summed E-state index contributed by atoms with van der Waals surface area (Å²) < 4.78 is 5.54. The van der Waals surface area contributed by atoms with E-state index >= 15 is 0 Å². The molecular formula is C25H46O2. The van der Waals surface area contributed by atoms with Crippen molar-refractivity contribution in [3.8, 4) is 0 Å². The van der Waals surface area contributed by atoms with E-state index in [2.05, 4.69) is 13.2 Å². The van der Waals surface area contributed by atoms with Gasteiger partial charge in [0.15, 0.2) is 0 Å². The quantitative estimate of drug-likeness (QED) is 0.114. The number of hydrogen-bond acceptors (Lipinski definition) is 2. The van der Waals surface area contributed by atoms with Crippen molar-refractivity contribution in [3.63, 3.8) is 0 Å². The topological polar surface area (TPSA) is 26.3 Å². The number of hydrogen-bond donors (Lipinski definition) is 0. The van der Waals surface area contributed by atoms with Crippen LogP contribution in [0.25, 0.3) is 0 Å². The van der Waals surface area contributed by atoms with Gasteiger partial charge in [-0.2, -0.15) is 0 Å². The molecule has 0 aromatic carbocycles. The first-order chi connectivity index (χ1) is 13.2. The van der Waals surface area contributed by atoms with Gasteiger partial charge in [-0.15, -0.1) is 13.2 Å². The highest BCUT2D eigenvalue weighted by atomic mass is 16.5. The molecule has 0 saturated heterocycles. The Morgan fingerprint density at radius 3 is 1.33 bits per heavy atom. The molecule has 2 heteroatoms. The second kappa shape index (κ2) is 21.3. The van der Waals surface area contributed by atoms with Crippen molar-refractivity contribution in [1.29, 1.82) is 0 Å². The smallest absolute Gasteiger partial charge is 0.302 e. The second-order valence-corrected chi connectivity index (χ2v) is 7.91. The Hall–Kier alpha value is -1.05. The fourth-order valence-electron chi connectivity index (χ4n) is 3.59. The van der Waals surface area contributed by atoms with Gasteiger partial charge >= 0.3 is 5.97 Å². The van der Waals surface area contributed by atoms with Gasteiger partial charge in [0.2, 0.25) is 0 Å². The molecule has 0 N–H and O–H groups in total. The standard InChI is InChI=1S/C25H46O2/c1-4-6-8-10-12-14-16-18-20-22-25(27-24(3)26)23-21-19-17-15-13-11-9-7-5-2/h4-5,25H,1-2,6-23H2,3H3. The van der Waals surface area contributed by atoms with Crippen molar-refractivity contribution in [2.24, 2.45) is 0 Å². The van der Waals surface area contributed by atoms with Gasteiger partial charge in [0, 0.05) is 6.92 Å². The van der Waals surface area contributed by atoms with Crippen molar-refractivity contribution in [3.05, 3.63) is 25.3 Å². The van der Waals surface area contributed by atoms with Crippen LogP contribution in [0.5, 0.6) is 0 Å². The zero-order chi connectivity index (χ0) is 20.0. The summed E-state index contributed by atoms with van der Waals surface area (Å²) in [5, 5.41) is 0. The van der Waals surface area contributed by atoms with E-state index in [1.165, 1.54) is 89.9 Å². The number of carbonyl (C=O) groups excluding carboxylic acids is 1. The molecule has 0 aliphatic heterocycles. The van der Waals surface area contributed by atoms with Crippen LogP contribution in [-0.4, -0.2) is 12.1 Å². The van der Waals surface area contributed by atoms with Gasteiger partial charge in [0.25, 0.3) is 0 Å². The molecule has 0 aliphatic carbocycles. The molecule has 0 aromatic heterocycles. The highest BCUT2D eigenvalue weighted by molar-refractivity contribution is 5.66. The van der Waals surface area contributed by atoms with Crippen LogP contribution in [0.1, 0.15) is 122 Å². The molecule has 0 fully saturated rings. The van der Waals surface area contributed by atoms with Gasteiger partial charge in [-0.1, -0.05) is 76.4 Å². The molecule has 0 spiro atoms. The lowest BCUT2D eigenvalue weighted by Gasteiger charge is -2.17. The SMILES string of the molecule is C=CCCCCCCCCCC(CCCCCCCCCC=C)OC(C)=O. The van der Waals surface area contributed by atoms with Crippen molar-refractivity contribution >= 4 is 5.97 Å². The normalized spacial score (nSPS) is 10.9. The van der Waals surface area contributed by atoms with E-state index in [4.69, 9.17) is 4.74 Å².